The van der Waals surface area contributed by atoms with Crippen molar-refractivity contribution in [3.8, 4) is 22.3 Å². The molecular formula is C89H104O27P2. The van der Waals surface area contributed by atoms with E-state index in [2.05, 4.69) is 31.2 Å². The number of aliphatic carboxylic acids is 2. The number of carboxylic acids is 10. The van der Waals surface area contributed by atoms with Crippen molar-refractivity contribution >= 4 is 74.9 Å². The summed E-state index contributed by atoms with van der Waals surface area (Å²) in [6.07, 6.45) is 2.68. The maximum absolute atomic E-state index is 10.7. The van der Waals surface area contributed by atoms with Crippen molar-refractivity contribution in [2.45, 2.75) is 114 Å². The quantitative estimate of drug-likeness (QED) is 0.0334. The molecule has 15 N–H and O–H groups in total. The lowest BCUT2D eigenvalue weighted by atomic mass is 10.0. The van der Waals surface area contributed by atoms with E-state index in [1.54, 1.807) is 119 Å². The van der Waals surface area contributed by atoms with Crippen molar-refractivity contribution < 1.29 is 133 Å². The van der Waals surface area contributed by atoms with Crippen molar-refractivity contribution in [1.82, 2.24) is 0 Å². The molecule has 0 saturated carbocycles. The Balaban J connectivity index is 0. The Kier molecular flexibility index (Phi) is 52.8. The van der Waals surface area contributed by atoms with Gasteiger partial charge in [0.05, 0.1) is 57.1 Å². The first kappa shape index (κ1) is 107. The predicted octanol–water partition coefficient (Wildman–Crippen LogP) is 18.1. The second kappa shape index (κ2) is 58.1. The van der Waals surface area contributed by atoms with Crippen LogP contribution in [-0.2, 0) is 44.1 Å². The van der Waals surface area contributed by atoms with Crippen LogP contribution in [0.4, 0.5) is 0 Å². The summed E-state index contributed by atoms with van der Waals surface area (Å²) in [5.41, 5.74) is 14.0. The zero-order valence-electron chi connectivity index (χ0n) is 67.5. The molecule has 29 heteroatoms. The van der Waals surface area contributed by atoms with Crippen molar-refractivity contribution in [3.63, 3.8) is 0 Å². The highest BCUT2D eigenvalue weighted by Gasteiger charge is 2.16. The van der Waals surface area contributed by atoms with Gasteiger partial charge in [0, 0.05) is 19.7 Å². The third kappa shape index (κ3) is 48.4. The highest BCUT2D eigenvalue weighted by atomic mass is 31.2. The molecule has 0 aliphatic carbocycles. The van der Waals surface area contributed by atoms with Gasteiger partial charge in [0.25, 0.3) is 0 Å². The van der Waals surface area contributed by atoms with Crippen LogP contribution in [0.5, 0.6) is 0 Å². The number of carboxylic acid groups (broad SMARTS) is 10. The number of aromatic carboxylic acids is 8. The fraction of sp³-hybridized carbons (Fsp3) is 0.213. The van der Waals surface area contributed by atoms with Crippen molar-refractivity contribution in [2.75, 3.05) is 13.3 Å². The summed E-state index contributed by atoms with van der Waals surface area (Å²) in [4.78, 5) is 137. The summed E-state index contributed by atoms with van der Waals surface area (Å²) in [6, 6.07) is 68.4. The Morgan fingerprint density at radius 3 is 0.839 bits per heavy atom. The Hall–Kier alpha value is -12.8. The fourth-order valence-corrected chi connectivity index (χ4v) is 10.2. The van der Waals surface area contributed by atoms with Crippen LogP contribution in [0, 0.1) is 34.6 Å². The number of aliphatic hydroxyl groups is 1. The molecule has 0 radical (unpaired) electrons. The average molecular weight is 1670 g/mol. The van der Waals surface area contributed by atoms with Gasteiger partial charge in [-0.1, -0.05) is 222 Å². The topological polar surface area (TPSA) is 508 Å². The Morgan fingerprint density at radius 1 is 0.280 bits per heavy atom. The molecule has 0 amide bonds. The van der Waals surface area contributed by atoms with E-state index in [0.29, 0.717) is 39.8 Å². The van der Waals surface area contributed by atoms with E-state index in [0.717, 1.165) is 76.1 Å². The first-order valence-electron chi connectivity index (χ1n) is 36.1. The van der Waals surface area contributed by atoms with E-state index in [9.17, 15) is 57.1 Å². The number of benzene rings is 10. The minimum atomic E-state index is -3.89. The van der Waals surface area contributed by atoms with Crippen molar-refractivity contribution in [2.24, 2.45) is 0 Å². The van der Waals surface area contributed by atoms with Gasteiger partial charge in [-0.25, -0.2) is 38.4 Å². The van der Waals surface area contributed by atoms with Crippen LogP contribution >= 0.6 is 15.2 Å². The fourth-order valence-electron chi connectivity index (χ4n) is 8.91. The molecule has 10 rings (SSSR count). The summed E-state index contributed by atoms with van der Waals surface area (Å²) in [5.74, 6) is -9.74. The molecule has 0 bridgehead atoms. The van der Waals surface area contributed by atoms with Gasteiger partial charge in [-0.3, -0.25) is 18.7 Å². The molecule has 0 aliphatic rings. The molecule has 0 fully saturated rings. The first-order valence-corrected chi connectivity index (χ1v) is 39.7. The van der Waals surface area contributed by atoms with Crippen LogP contribution in [0.2, 0.25) is 0 Å². The van der Waals surface area contributed by atoms with Crippen LogP contribution in [0.3, 0.4) is 0 Å². The summed E-state index contributed by atoms with van der Waals surface area (Å²) < 4.78 is 20.4. The van der Waals surface area contributed by atoms with E-state index >= 15 is 0 Å². The second-order valence-corrected chi connectivity index (χ2v) is 28.0. The van der Waals surface area contributed by atoms with Crippen LogP contribution in [-0.4, -0.2) is 149 Å². The average Bonchev–Trinajstić information content (AvgIpc) is 0.856. The highest BCUT2D eigenvalue weighted by molar-refractivity contribution is 7.51. The molecule has 0 atom stereocenters. The number of carbonyl (C=O) groups is 10. The third-order valence-corrected chi connectivity index (χ3v) is 16.8. The maximum atomic E-state index is 10.7. The molecule has 632 valence electrons. The SMILES string of the molecule is CC.CCC(=O)O.CCCP(=O)(O)O.CCc1ccc(-c2ccc(C(=O)O)cc2)cc1.CCc1ccc(C(=O)O)cc1.CO.Cc1cc(C(=O)O)cc(C(=O)O)c1.Cc1ccc(-c2ccc(C(=O)O)cc2)cc1.Cc1ccc(C(=O)O)c(C(=O)O)c1.Cc1ccc(C(=O)O)cc1.Cc1ccc(CC(=O)O)cc1.O=P(O)(O)Cc1ccccc1. The lowest BCUT2D eigenvalue weighted by molar-refractivity contribution is -0.137. The third-order valence-electron chi connectivity index (χ3n) is 15.0. The van der Waals surface area contributed by atoms with E-state index < -0.39 is 74.9 Å². The summed E-state index contributed by atoms with van der Waals surface area (Å²) in [5, 5.41) is 92.3. The molecule has 10 aromatic rings. The van der Waals surface area contributed by atoms with Crippen LogP contribution in [0.15, 0.2) is 237 Å². The number of hydrogen-bond acceptors (Lipinski definition) is 13. The van der Waals surface area contributed by atoms with Gasteiger partial charge in [-0.15, -0.1) is 0 Å². The van der Waals surface area contributed by atoms with E-state index in [4.69, 9.17) is 75.7 Å². The van der Waals surface area contributed by atoms with Crippen LogP contribution < -0.4 is 0 Å². The monoisotopic (exact) mass is 1670 g/mol. The summed E-state index contributed by atoms with van der Waals surface area (Å²) >= 11 is 0. The van der Waals surface area contributed by atoms with Crippen LogP contribution in [0.25, 0.3) is 22.3 Å². The highest BCUT2D eigenvalue weighted by Crippen LogP contribution is 2.39. The lowest BCUT2D eigenvalue weighted by Gasteiger charge is -2.03. The smallest absolute Gasteiger partial charge is 0.336 e. The molecule has 0 saturated heterocycles. The van der Waals surface area contributed by atoms with Gasteiger partial charge in [0.1, 0.15) is 0 Å². The van der Waals surface area contributed by atoms with Gasteiger partial charge in [-0.2, -0.15) is 0 Å². The second-order valence-electron chi connectivity index (χ2n) is 24.6. The Bertz CT molecular complexity index is 4790. The number of hydrogen-bond donors (Lipinski definition) is 15. The molecule has 10 aromatic carbocycles. The minimum Gasteiger partial charge on any atom is -0.481 e. The normalized spacial score (nSPS) is 9.70. The molecule has 0 aliphatic heterocycles. The summed E-state index contributed by atoms with van der Waals surface area (Å²) in [7, 11) is -6.55. The van der Waals surface area contributed by atoms with Gasteiger partial charge >= 0.3 is 74.9 Å². The molecule has 0 aromatic heterocycles. The van der Waals surface area contributed by atoms with Crippen LogP contribution in [0.1, 0.15) is 187 Å². The van der Waals surface area contributed by atoms with E-state index in [1.807, 2.05) is 133 Å². The van der Waals surface area contributed by atoms with Crippen molar-refractivity contribution in [3.05, 3.63) is 331 Å². The van der Waals surface area contributed by atoms with Gasteiger partial charge in [-0.05, 0) is 183 Å². The minimum absolute atomic E-state index is 0.00241. The largest absolute Gasteiger partial charge is 0.481 e. The molecule has 118 heavy (non-hydrogen) atoms. The summed E-state index contributed by atoms with van der Waals surface area (Å²) in [6.45, 7) is 20.8. The number of aliphatic hydroxyl groups excluding tert-OH is 1. The molecule has 0 unspecified atom stereocenters. The lowest BCUT2D eigenvalue weighted by Crippen LogP contribution is -2.07. The number of rotatable bonds is 19. The first-order chi connectivity index (χ1) is 55.4. The standard InChI is InChI=1S/C15H14O2.C14H12O2.2C9H8O4.2C9H10O2.C8H8O2.C7H9O3P.C3H9O3P.C3H6O2.C2H6.CH4O/c1-2-11-3-5-12(6-4-11)13-7-9-14(10-8-13)15(16)17;1-10-2-4-11(5-3-10)12-6-8-13(9-7-12)14(15)16;1-5-2-6(8(10)11)4-7(3-5)9(12)13;1-5-2-3-6(8(10)11)7(4-5)9(12)13;1-7-2-4-8(5-3-7)6-9(10)11;1-2-7-3-5-8(6-4-7)9(10)11;1-6-2-4-7(5-3-6)8(9)10;8-11(9,10)6-7-4-2-1-3-5-7;1-2-3-7(4,5)6;1-2-3(4)5;2*1-2/h3-10H,2H2,1H3,(H,16,17);2-9H,1H3,(H,15,16);2*2-4H,1H3,(H,10,11)(H,12,13);2-5H,6H2,1H3,(H,10,11);3-6H,2H2,1H3,(H,10,11);2-5H,1H3,(H,9,10);1-5H,6H2,(H2,8,9,10);2-3H2,1H3,(H2,4,5,6);2H2,1H3,(H,4,5);1-2H3;2H,1H3. The Labute approximate surface area is 685 Å². The molecule has 27 nitrogen and oxygen atoms in total. The zero-order valence-corrected chi connectivity index (χ0v) is 69.3. The zero-order chi connectivity index (χ0) is 90.4. The molecular weight excluding hydrogens is 1560 g/mol. The Morgan fingerprint density at radius 2 is 0.559 bits per heavy atom. The van der Waals surface area contributed by atoms with Gasteiger partial charge in [0.15, 0.2) is 0 Å². The molecule has 0 heterocycles. The van der Waals surface area contributed by atoms with Gasteiger partial charge < -0.3 is 75.7 Å². The van der Waals surface area contributed by atoms with E-state index in [-0.39, 0.29) is 47.4 Å². The van der Waals surface area contributed by atoms with Crippen molar-refractivity contribution in [1.29, 1.82) is 0 Å². The van der Waals surface area contributed by atoms with E-state index in [1.165, 1.54) is 35.4 Å². The van der Waals surface area contributed by atoms with Gasteiger partial charge in [0.2, 0.25) is 0 Å². The number of aryl methyl sites for hydroxylation is 7. The maximum Gasteiger partial charge on any atom is 0.336 e. The predicted molar refractivity (Wildman–Crippen MR) is 452 cm³/mol. The molecule has 0 spiro atoms.